The predicted octanol–water partition coefficient (Wildman–Crippen LogP) is 4.01. The highest BCUT2D eigenvalue weighted by atomic mass is 19.1. The van der Waals surface area contributed by atoms with Crippen molar-refractivity contribution in [2.24, 2.45) is 11.8 Å². The number of aromatic nitrogens is 2. The van der Waals surface area contributed by atoms with Crippen molar-refractivity contribution >= 4 is 11.7 Å². The third-order valence-corrected chi connectivity index (χ3v) is 5.52. The number of carbonyl (C=O) groups is 1. The van der Waals surface area contributed by atoms with Gasteiger partial charge in [0.25, 0.3) is 0 Å². The average molecular weight is 353 g/mol. The lowest BCUT2D eigenvalue weighted by Crippen LogP contribution is -2.40. The molecule has 0 radical (unpaired) electrons. The van der Waals surface area contributed by atoms with E-state index in [4.69, 9.17) is 4.98 Å². The number of ketones is 1. The van der Waals surface area contributed by atoms with Crippen LogP contribution >= 0.6 is 0 Å². The van der Waals surface area contributed by atoms with Crippen molar-refractivity contribution in [1.82, 2.24) is 9.97 Å². The van der Waals surface area contributed by atoms with Crippen LogP contribution in [0.25, 0.3) is 0 Å². The second-order valence-corrected chi connectivity index (χ2v) is 7.96. The Labute approximate surface area is 153 Å². The third kappa shape index (κ3) is 3.35. The minimum Gasteiger partial charge on any atom is -0.340 e. The third-order valence-electron chi connectivity index (χ3n) is 5.52. The predicted molar refractivity (Wildman–Crippen MR) is 99.0 cm³/mol. The Bertz CT molecular complexity index is 811. The van der Waals surface area contributed by atoms with Gasteiger partial charge < -0.3 is 4.90 Å². The topological polar surface area (TPSA) is 46.1 Å². The quantitative estimate of drug-likeness (QED) is 0.818. The molecule has 4 nitrogen and oxygen atoms in total. The number of halogens is 1. The number of benzene rings is 1. The Hall–Kier alpha value is -2.30. The molecule has 1 aromatic heterocycles. The lowest BCUT2D eigenvalue weighted by molar-refractivity contribution is 0.0962. The van der Waals surface area contributed by atoms with Gasteiger partial charge in [0, 0.05) is 25.7 Å². The van der Waals surface area contributed by atoms with Crippen molar-refractivity contribution in [3.05, 3.63) is 53.1 Å². The zero-order chi connectivity index (χ0) is 18.3. The van der Waals surface area contributed by atoms with E-state index in [1.807, 2.05) is 0 Å². The average Bonchev–Trinajstić information content (AvgIpc) is 2.61. The van der Waals surface area contributed by atoms with Crippen LogP contribution in [0.15, 0.2) is 30.5 Å². The van der Waals surface area contributed by atoms with Crippen LogP contribution in [0.2, 0.25) is 0 Å². The SMILES string of the molecule is C[C@@H]1C[C@H](C)CN(c2ncc3c(n2)C[C@H](c2ccc(F)cc2)CC3=O)C1. The minimum absolute atomic E-state index is 0.0533. The van der Waals surface area contributed by atoms with Crippen molar-refractivity contribution < 1.29 is 9.18 Å². The van der Waals surface area contributed by atoms with Gasteiger partial charge in [0.15, 0.2) is 5.78 Å². The first kappa shape index (κ1) is 17.1. The van der Waals surface area contributed by atoms with Crippen molar-refractivity contribution in [2.45, 2.75) is 39.0 Å². The van der Waals surface area contributed by atoms with Crippen LogP contribution in [-0.4, -0.2) is 28.8 Å². The number of anilines is 1. The van der Waals surface area contributed by atoms with Crippen molar-refractivity contribution in [3.8, 4) is 0 Å². The summed E-state index contributed by atoms with van der Waals surface area (Å²) in [5, 5.41) is 0. The van der Waals surface area contributed by atoms with Gasteiger partial charge in [-0.25, -0.2) is 14.4 Å². The molecule has 3 atom stereocenters. The summed E-state index contributed by atoms with van der Waals surface area (Å²) < 4.78 is 13.2. The smallest absolute Gasteiger partial charge is 0.225 e. The van der Waals surface area contributed by atoms with E-state index in [2.05, 4.69) is 23.7 Å². The molecular formula is C21H24FN3O. The first-order valence-electron chi connectivity index (χ1n) is 9.39. The number of piperidine rings is 1. The van der Waals surface area contributed by atoms with Gasteiger partial charge in [0.2, 0.25) is 5.95 Å². The van der Waals surface area contributed by atoms with Gasteiger partial charge in [0.05, 0.1) is 11.3 Å². The molecule has 5 heteroatoms. The maximum Gasteiger partial charge on any atom is 0.225 e. The number of hydrogen-bond acceptors (Lipinski definition) is 4. The van der Waals surface area contributed by atoms with Gasteiger partial charge in [-0.15, -0.1) is 0 Å². The van der Waals surface area contributed by atoms with E-state index in [9.17, 15) is 9.18 Å². The number of hydrogen-bond donors (Lipinski definition) is 0. The van der Waals surface area contributed by atoms with Gasteiger partial charge >= 0.3 is 0 Å². The van der Waals surface area contributed by atoms with Crippen LogP contribution in [0.5, 0.6) is 0 Å². The van der Waals surface area contributed by atoms with Crippen molar-refractivity contribution in [2.75, 3.05) is 18.0 Å². The molecule has 0 saturated carbocycles. The molecule has 0 amide bonds. The monoisotopic (exact) mass is 353 g/mol. The molecule has 0 bridgehead atoms. The molecule has 136 valence electrons. The largest absolute Gasteiger partial charge is 0.340 e. The molecule has 0 N–H and O–H groups in total. The molecule has 0 unspecified atom stereocenters. The molecule has 4 rings (SSSR count). The highest BCUT2D eigenvalue weighted by molar-refractivity contribution is 5.98. The maximum absolute atomic E-state index is 13.2. The fourth-order valence-electron chi connectivity index (χ4n) is 4.38. The first-order chi connectivity index (χ1) is 12.5. The molecular weight excluding hydrogens is 329 g/mol. The molecule has 1 aliphatic carbocycles. The second kappa shape index (κ2) is 6.78. The Morgan fingerprint density at radius 2 is 1.77 bits per heavy atom. The van der Waals surface area contributed by atoms with E-state index in [-0.39, 0.29) is 17.5 Å². The highest BCUT2D eigenvalue weighted by Crippen LogP contribution is 2.33. The summed E-state index contributed by atoms with van der Waals surface area (Å²) in [6, 6.07) is 6.46. The summed E-state index contributed by atoms with van der Waals surface area (Å²) in [5.41, 5.74) is 2.46. The zero-order valence-electron chi connectivity index (χ0n) is 15.3. The van der Waals surface area contributed by atoms with E-state index in [1.54, 1.807) is 18.3 Å². The number of carbonyl (C=O) groups excluding carboxylic acids is 1. The fourth-order valence-corrected chi connectivity index (χ4v) is 4.38. The normalized spacial score (nSPS) is 25.9. The second-order valence-electron chi connectivity index (χ2n) is 7.96. The summed E-state index contributed by atoms with van der Waals surface area (Å²) in [4.78, 5) is 24.1. The van der Waals surface area contributed by atoms with Crippen LogP contribution in [-0.2, 0) is 6.42 Å². The van der Waals surface area contributed by atoms with Crippen molar-refractivity contribution in [3.63, 3.8) is 0 Å². The van der Waals surface area contributed by atoms with Crippen molar-refractivity contribution in [1.29, 1.82) is 0 Å². The summed E-state index contributed by atoms with van der Waals surface area (Å²) in [6.07, 6.45) is 4.05. The Balaban J connectivity index is 1.61. The van der Waals surface area contributed by atoms with Gasteiger partial charge in [-0.05, 0) is 48.3 Å². The van der Waals surface area contributed by atoms with Crippen LogP contribution in [0.1, 0.15) is 54.2 Å². The number of Topliss-reactive ketones (excluding diaryl/α,β-unsaturated/α-hetero) is 1. The molecule has 1 saturated heterocycles. The first-order valence-corrected chi connectivity index (χ1v) is 9.39. The van der Waals surface area contributed by atoms with Gasteiger partial charge in [-0.3, -0.25) is 4.79 Å². The van der Waals surface area contributed by atoms with Crippen LogP contribution in [0, 0.1) is 17.7 Å². The van der Waals surface area contributed by atoms with Gasteiger partial charge in [-0.2, -0.15) is 0 Å². The maximum atomic E-state index is 13.2. The molecule has 1 aromatic carbocycles. The molecule has 0 spiro atoms. The van der Waals surface area contributed by atoms with Crippen LogP contribution < -0.4 is 4.90 Å². The summed E-state index contributed by atoms with van der Waals surface area (Å²) in [7, 11) is 0. The number of nitrogens with zero attached hydrogens (tertiary/aromatic N) is 3. The van der Waals surface area contributed by atoms with E-state index >= 15 is 0 Å². The summed E-state index contributed by atoms with van der Waals surface area (Å²) >= 11 is 0. The molecule has 2 heterocycles. The Kier molecular flexibility index (Phi) is 4.47. The lowest BCUT2D eigenvalue weighted by atomic mass is 9.82. The number of fused-ring (bicyclic) bond motifs is 1. The van der Waals surface area contributed by atoms with Gasteiger partial charge in [0.1, 0.15) is 5.82 Å². The summed E-state index contributed by atoms with van der Waals surface area (Å²) in [6.45, 7) is 6.43. The zero-order valence-corrected chi connectivity index (χ0v) is 15.3. The standard InChI is InChI=1S/C21H24FN3O/c1-13-7-14(2)12-25(11-13)21-23-10-18-19(24-21)8-16(9-20(18)26)15-3-5-17(22)6-4-15/h3-6,10,13-14,16H,7-9,11-12H2,1-2H3/t13-,14+,16-/m0/s1. The number of rotatable bonds is 2. The van der Waals surface area contributed by atoms with E-state index in [1.165, 1.54) is 18.6 Å². The molecule has 2 aromatic rings. The minimum atomic E-state index is -0.255. The van der Waals surface area contributed by atoms with Crippen LogP contribution in [0.4, 0.5) is 10.3 Å². The van der Waals surface area contributed by atoms with Gasteiger partial charge in [-0.1, -0.05) is 26.0 Å². The molecule has 1 aliphatic heterocycles. The fraction of sp³-hybridized carbons (Fsp3) is 0.476. The van der Waals surface area contributed by atoms with Crippen LogP contribution in [0.3, 0.4) is 0 Å². The lowest BCUT2D eigenvalue weighted by Gasteiger charge is -2.35. The van der Waals surface area contributed by atoms with E-state index in [0.29, 0.717) is 30.2 Å². The molecule has 26 heavy (non-hydrogen) atoms. The highest BCUT2D eigenvalue weighted by Gasteiger charge is 2.30. The molecule has 2 aliphatic rings. The Morgan fingerprint density at radius 1 is 1.08 bits per heavy atom. The Morgan fingerprint density at radius 3 is 2.46 bits per heavy atom. The van der Waals surface area contributed by atoms with E-state index < -0.39 is 0 Å². The molecule has 1 fully saturated rings. The van der Waals surface area contributed by atoms with E-state index in [0.717, 1.165) is 30.3 Å². The summed E-state index contributed by atoms with van der Waals surface area (Å²) in [5.74, 6) is 1.84.